The monoisotopic (exact) mass is 238 g/mol. The third-order valence-corrected chi connectivity index (χ3v) is 2.11. The molecule has 1 heterocycles. The van der Waals surface area contributed by atoms with Crippen LogP contribution in [-0.4, -0.2) is 47.6 Å². The van der Waals surface area contributed by atoms with Gasteiger partial charge in [-0.25, -0.2) is 4.98 Å². The van der Waals surface area contributed by atoms with E-state index in [2.05, 4.69) is 15.8 Å². The summed E-state index contributed by atoms with van der Waals surface area (Å²) in [5.41, 5.74) is 5.27. The van der Waals surface area contributed by atoms with Crippen LogP contribution >= 0.6 is 0 Å². The van der Waals surface area contributed by atoms with Crippen LogP contribution < -0.4 is 10.9 Å². The molecule has 1 rings (SSSR count). The Morgan fingerprint density at radius 2 is 2.35 bits per heavy atom. The minimum atomic E-state index is -0.143. The van der Waals surface area contributed by atoms with Gasteiger partial charge in [0, 0.05) is 19.3 Å². The summed E-state index contributed by atoms with van der Waals surface area (Å²) in [7, 11) is 1.83. The number of hydrogen-bond donors (Lipinski definition) is 3. The van der Waals surface area contributed by atoms with E-state index in [-0.39, 0.29) is 19.1 Å². The van der Waals surface area contributed by atoms with Crippen LogP contribution in [-0.2, 0) is 4.79 Å². The average Bonchev–Trinajstić information content (AvgIpc) is 2.35. The van der Waals surface area contributed by atoms with Gasteiger partial charge < -0.3 is 5.11 Å². The average molecular weight is 238 g/mol. The lowest BCUT2D eigenvalue weighted by molar-refractivity contribution is -0.121. The molecule has 1 amide bonds. The molecule has 0 saturated heterocycles. The number of carbonyl (C=O) groups is 1. The van der Waals surface area contributed by atoms with Crippen molar-refractivity contribution in [3.8, 4) is 0 Å². The summed E-state index contributed by atoms with van der Waals surface area (Å²) in [6.07, 6.45) is 2.30. The number of pyridine rings is 1. The van der Waals surface area contributed by atoms with Crippen LogP contribution in [0.15, 0.2) is 24.4 Å². The van der Waals surface area contributed by atoms with Gasteiger partial charge in [0.25, 0.3) is 5.91 Å². The van der Waals surface area contributed by atoms with Crippen LogP contribution in [0, 0.1) is 0 Å². The summed E-state index contributed by atoms with van der Waals surface area (Å²) in [5.74, 6) is 0.454. The molecule has 0 aliphatic carbocycles. The molecule has 0 fully saturated rings. The lowest BCUT2D eigenvalue weighted by atomic mass is 10.4. The first-order chi connectivity index (χ1) is 8.22. The third kappa shape index (κ3) is 5.84. The minimum Gasteiger partial charge on any atom is -0.396 e. The molecule has 6 heteroatoms. The minimum absolute atomic E-state index is 0.137. The van der Waals surface area contributed by atoms with Gasteiger partial charge in [-0.05, 0) is 25.6 Å². The third-order valence-electron chi connectivity index (χ3n) is 2.11. The summed E-state index contributed by atoms with van der Waals surface area (Å²) in [4.78, 5) is 17.3. The highest BCUT2D eigenvalue weighted by Crippen LogP contribution is 1.96. The van der Waals surface area contributed by atoms with Crippen molar-refractivity contribution in [1.29, 1.82) is 0 Å². The first-order valence-electron chi connectivity index (χ1n) is 5.47. The van der Waals surface area contributed by atoms with Crippen molar-refractivity contribution < 1.29 is 9.90 Å². The molecule has 1 aromatic rings. The fourth-order valence-electron chi connectivity index (χ4n) is 1.27. The van der Waals surface area contributed by atoms with Crippen molar-refractivity contribution >= 4 is 11.7 Å². The predicted octanol–water partition coefficient (Wildman–Crippen LogP) is -0.161. The van der Waals surface area contributed by atoms with Crippen LogP contribution in [0.4, 0.5) is 5.82 Å². The molecule has 3 N–H and O–H groups in total. The summed E-state index contributed by atoms with van der Waals surface area (Å²) in [6, 6.07) is 5.39. The van der Waals surface area contributed by atoms with Gasteiger partial charge in [0.15, 0.2) is 0 Å². The van der Waals surface area contributed by atoms with E-state index in [1.807, 2.05) is 18.0 Å². The number of amides is 1. The smallest absolute Gasteiger partial charge is 0.252 e. The molecule has 1 aromatic heterocycles. The molecular formula is C11H18N4O2. The van der Waals surface area contributed by atoms with E-state index in [0.717, 1.165) is 0 Å². The van der Waals surface area contributed by atoms with E-state index in [4.69, 9.17) is 5.11 Å². The maximum absolute atomic E-state index is 11.5. The van der Waals surface area contributed by atoms with E-state index in [9.17, 15) is 4.79 Å². The summed E-state index contributed by atoms with van der Waals surface area (Å²) in [6.45, 7) is 1.10. The zero-order valence-corrected chi connectivity index (χ0v) is 9.89. The predicted molar refractivity (Wildman–Crippen MR) is 65.2 cm³/mol. The number of likely N-dealkylation sites (N-methyl/N-ethyl adjacent to an activating group) is 1. The molecule has 6 nitrogen and oxygen atoms in total. The number of nitrogens with zero attached hydrogens (tertiary/aromatic N) is 2. The molecule has 0 saturated carbocycles. The fraction of sp³-hybridized carbons (Fsp3) is 0.455. The maximum atomic E-state index is 11.5. The number of nitrogens with one attached hydrogen (secondary N) is 2. The topological polar surface area (TPSA) is 77.5 Å². The van der Waals surface area contributed by atoms with E-state index >= 15 is 0 Å². The van der Waals surface area contributed by atoms with Gasteiger partial charge in [-0.1, -0.05) is 6.07 Å². The molecule has 0 spiro atoms. The van der Waals surface area contributed by atoms with Crippen molar-refractivity contribution in [3.63, 3.8) is 0 Å². The van der Waals surface area contributed by atoms with Crippen LogP contribution in [0.5, 0.6) is 0 Å². The van der Waals surface area contributed by atoms with E-state index in [1.54, 1.807) is 18.3 Å². The Morgan fingerprint density at radius 3 is 3.00 bits per heavy atom. The largest absolute Gasteiger partial charge is 0.396 e. The zero-order chi connectivity index (χ0) is 12.5. The second kappa shape index (κ2) is 7.59. The van der Waals surface area contributed by atoms with Gasteiger partial charge >= 0.3 is 0 Å². The Morgan fingerprint density at radius 1 is 1.53 bits per heavy atom. The molecule has 0 bridgehead atoms. The van der Waals surface area contributed by atoms with Gasteiger partial charge in [0.2, 0.25) is 0 Å². The molecule has 0 unspecified atom stereocenters. The normalized spacial score (nSPS) is 10.3. The van der Waals surface area contributed by atoms with Gasteiger partial charge in [-0.2, -0.15) is 0 Å². The van der Waals surface area contributed by atoms with Crippen molar-refractivity contribution in [2.75, 3.05) is 32.2 Å². The van der Waals surface area contributed by atoms with Gasteiger partial charge in [-0.15, -0.1) is 0 Å². The number of hydrogen-bond acceptors (Lipinski definition) is 5. The number of carbonyl (C=O) groups excluding carboxylic acids is 1. The van der Waals surface area contributed by atoms with Crippen molar-refractivity contribution in [1.82, 2.24) is 15.3 Å². The Kier molecular flexibility index (Phi) is 5.98. The van der Waals surface area contributed by atoms with Crippen LogP contribution in [0.3, 0.4) is 0 Å². The number of rotatable bonds is 7. The lowest BCUT2D eigenvalue weighted by Crippen LogP contribution is -2.38. The molecular weight excluding hydrogens is 220 g/mol. The SMILES string of the molecule is CN(CCCO)CC(=O)NNc1ccccn1. The fourth-order valence-corrected chi connectivity index (χ4v) is 1.27. The van der Waals surface area contributed by atoms with E-state index in [1.165, 1.54) is 0 Å². The number of aromatic nitrogens is 1. The van der Waals surface area contributed by atoms with Crippen LogP contribution in [0.25, 0.3) is 0 Å². The van der Waals surface area contributed by atoms with Crippen LogP contribution in [0.1, 0.15) is 6.42 Å². The van der Waals surface area contributed by atoms with Gasteiger partial charge in [-0.3, -0.25) is 20.5 Å². The Bertz CT molecular complexity index is 332. The highest BCUT2D eigenvalue weighted by Gasteiger charge is 2.05. The Hall–Kier alpha value is -1.66. The molecule has 0 atom stereocenters. The summed E-state index contributed by atoms with van der Waals surface area (Å²) in [5, 5.41) is 8.65. The zero-order valence-electron chi connectivity index (χ0n) is 9.89. The van der Waals surface area contributed by atoms with Crippen molar-refractivity contribution in [2.24, 2.45) is 0 Å². The summed E-state index contributed by atoms with van der Waals surface area (Å²) >= 11 is 0. The van der Waals surface area contributed by atoms with Gasteiger partial charge in [0.1, 0.15) is 5.82 Å². The number of aliphatic hydroxyl groups is 1. The standard InChI is InChI=1S/C11H18N4O2/c1-15(7-4-8-16)9-11(17)14-13-10-5-2-3-6-12-10/h2-3,5-6,16H,4,7-9H2,1H3,(H,12,13)(H,14,17). The van der Waals surface area contributed by atoms with Crippen molar-refractivity contribution in [3.05, 3.63) is 24.4 Å². The highest BCUT2D eigenvalue weighted by atomic mass is 16.3. The Labute approximate surface area is 101 Å². The highest BCUT2D eigenvalue weighted by molar-refractivity contribution is 5.79. The molecule has 0 aliphatic heterocycles. The molecule has 17 heavy (non-hydrogen) atoms. The second-order valence-electron chi connectivity index (χ2n) is 3.70. The Balaban J connectivity index is 2.21. The summed E-state index contributed by atoms with van der Waals surface area (Å²) < 4.78 is 0. The second-order valence-corrected chi connectivity index (χ2v) is 3.70. The maximum Gasteiger partial charge on any atom is 0.252 e. The molecule has 0 aliphatic rings. The quantitative estimate of drug-likeness (QED) is 0.575. The lowest BCUT2D eigenvalue weighted by Gasteiger charge is -2.15. The van der Waals surface area contributed by atoms with E-state index in [0.29, 0.717) is 18.8 Å². The first kappa shape index (κ1) is 13.4. The first-order valence-corrected chi connectivity index (χ1v) is 5.47. The van der Waals surface area contributed by atoms with Gasteiger partial charge in [0.05, 0.1) is 6.54 Å². The molecule has 94 valence electrons. The van der Waals surface area contributed by atoms with Crippen LogP contribution in [0.2, 0.25) is 0 Å². The number of aliphatic hydroxyl groups excluding tert-OH is 1. The van der Waals surface area contributed by atoms with E-state index < -0.39 is 0 Å². The van der Waals surface area contributed by atoms with Crippen molar-refractivity contribution in [2.45, 2.75) is 6.42 Å². The number of hydrazine groups is 1. The molecule has 0 aromatic carbocycles. The number of anilines is 1. The molecule has 0 radical (unpaired) electrons.